The second kappa shape index (κ2) is 26.7. The maximum Gasteiger partial charge on any atom is 0.472 e. The molecule has 1 rings (SSSR count). The molecule has 1 fully saturated rings. The third kappa shape index (κ3) is 22.1. The van der Waals surface area contributed by atoms with Crippen LogP contribution in [0.3, 0.4) is 0 Å². The van der Waals surface area contributed by atoms with Gasteiger partial charge in [-0.2, -0.15) is 0 Å². The van der Waals surface area contributed by atoms with Gasteiger partial charge in [-0.3, -0.25) is 23.2 Å². The summed E-state index contributed by atoms with van der Waals surface area (Å²) in [7, 11) is -10.5. The van der Waals surface area contributed by atoms with E-state index in [0.717, 1.165) is 51.4 Å². The molecular formula is C33H64O16P2. The van der Waals surface area contributed by atoms with Crippen molar-refractivity contribution in [1.29, 1.82) is 0 Å². The topological polar surface area (TPSA) is 256 Å². The van der Waals surface area contributed by atoms with Crippen LogP contribution >= 0.6 is 15.6 Å². The molecule has 0 radical (unpaired) electrons. The summed E-state index contributed by atoms with van der Waals surface area (Å²) in [6, 6.07) is 0. The molecule has 0 saturated heterocycles. The van der Waals surface area contributed by atoms with E-state index in [2.05, 4.69) is 18.4 Å². The molecule has 1 saturated carbocycles. The number of hydrogen-bond acceptors (Lipinski definition) is 13. The zero-order valence-corrected chi connectivity index (χ0v) is 32.1. The number of phosphoric acid groups is 2. The van der Waals surface area contributed by atoms with E-state index in [0.29, 0.717) is 12.8 Å². The second-order valence-corrected chi connectivity index (χ2v) is 15.9. The summed E-state index contributed by atoms with van der Waals surface area (Å²) in [6.45, 7) is 3.03. The van der Waals surface area contributed by atoms with E-state index in [1.807, 2.05) is 0 Å². The standard InChI is InChI=1S/C33H64O16P2/c1-3-5-7-9-11-13-15-17-19-21-26(34)45-23-25(47-27(35)22-20-18-16-14-12-10-8-6-4-2)24-46-51(43,44)49-33-30(38)28(36)32(29(37)31(33)39)48-50(40,41)42/h25,28-33,36-39H,3-24H2,1-2H3,(H,43,44)(H2,40,41,42)/t25-,28-,29+,30-,31-,32?,33?/m1/s1. The zero-order chi connectivity index (χ0) is 38.3. The van der Waals surface area contributed by atoms with Crippen molar-refractivity contribution < 1.29 is 76.9 Å². The van der Waals surface area contributed by atoms with Gasteiger partial charge in [0.2, 0.25) is 0 Å². The predicted octanol–water partition coefficient (Wildman–Crippen LogP) is 4.72. The first-order valence-corrected chi connectivity index (χ1v) is 21.6. The molecule has 0 amide bonds. The molecular weight excluding hydrogens is 714 g/mol. The fourth-order valence-electron chi connectivity index (χ4n) is 5.73. The maximum absolute atomic E-state index is 12.8. The Morgan fingerprint density at radius 3 is 1.33 bits per heavy atom. The molecule has 302 valence electrons. The van der Waals surface area contributed by atoms with Crippen LogP contribution in [0.4, 0.5) is 0 Å². The van der Waals surface area contributed by atoms with Crippen LogP contribution in [0.5, 0.6) is 0 Å². The van der Waals surface area contributed by atoms with E-state index in [1.165, 1.54) is 51.4 Å². The minimum absolute atomic E-state index is 0.0557. The first kappa shape index (κ1) is 48.0. The highest BCUT2D eigenvalue weighted by Gasteiger charge is 2.54. The summed E-state index contributed by atoms with van der Waals surface area (Å²) in [5.74, 6) is -1.19. The Morgan fingerprint density at radius 2 is 0.922 bits per heavy atom. The Balaban J connectivity index is 2.70. The molecule has 18 heteroatoms. The number of carbonyl (C=O) groups is 2. The molecule has 16 nitrogen and oxygen atoms in total. The average molecular weight is 779 g/mol. The molecule has 3 unspecified atom stereocenters. The lowest BCUT2D eigenvalue weighted by Gasteiger charge is -2.43. The maximum atomic E-state index is 12.8. The van der Waals surface area contributed by atoms with Gasteiger partial charge >= 0.3 is 27.6 Å². The number of hydrogen-bond donors (Lipinski definition) is 7. The molecule has 0 heterocycles. The molecule has 0 aliphatic heterocycles. The third-order valence-electron chi connectivity index (χ3n) is 8.68. The van der Waals surface area contributed by atoms with E-state index in [1.54, 1.807) is 0 Å². The number of phosphoric ester groups is 2. The number of aliphatic hydroxyl groups is 4. The largest absolute Gasteiger partial charge is 0.472 e. The average Bonchev–Trinajstić information content (AvgIpc) is 3.07. The Labute approximate surface area is 302 Å². The van der Waals surface area contributed by atoms with Crippen LogP contribution in [-0.2, 0) is 41.8 Å². The van der Waals surface area contributed by atoms with Crippen molar-refractivity contribution in [3.8, 4) is 0 Å². The second-order valence-electron chi connectivity index (χ2n) is 13.3. The molecule has 0 spiro atoms. The van der Waals surface area contributed by atoms with Crippen LogP contribution in [0.1, 0.15) is 142 Å². The van der Waals surface area contributed by atoms with Gasteiger partial charge in [-0.05, 0) is 12.8 Å². The first-order chi connectivity index (χ1) is 24.1. The van der Waals surface area contributed by atoms with E-state index < -0.39 is 83.5 Å². The van der Waals surface area contributed by atoms with E-state index in [-0.39, 0.29) is 12.8 Å². The van der Waals surface area contributed by atoms with Gasteiger partial charge in [-0.15, -0.1) is 0 Å². The van der Waals surface area contributed by atoms with Gasteiger partial charge in [0.05, 0.1) is 6.61 Å². The number of carbonyl (C=O) groups excluding carboxylic acids is 2. The van der Waals surface area contributed by atoms with Gasteiger partial charge < -0.3 is 44.6 Å². The molecule has 0 aromatic heterocycles. The normalized spacial score (nSPS) is 24.2. The summed E-state index contributed by atoms with van der Waals surface area (Å²) >= 11 is 0. The lowest BCUT2D eigenvalue weighted by Crippen LogP contribution is -2.64. The van der Waals surface area contributed by atoms with Crippen molar-refractivity contribution >= 4 is 27.6 Å². The van der Waals surface area contributed by atoms with Crippen molar-refractivity contribution in [2.24, 2.45) is 0 Å². The quantitative estimate of drug-likeness (QED) is 0.0296. The Kier molecular flexibility index (Phi) is 25.2. The number of rotatable bonds is 30. The predicted molar refractivity (Wildman–Crippen MR) is 186 cm³/mol. The van der Waals surface area contributed by atoms with Gasteiger partial charge in [-0.1, -0.05) is 117 Å². The van der Waals surface area contributed by atoms with Gasteiger partial charge in [0, 0.05) is 12.8 Å². The molecule has 8 atom stereocenters. The fraction of sp³-hybridized carbons (Fsp3) is 0.939. The highest BCUT2D eigenvalue weighted by molar-refractivity contribution is 7.47. The fourth-order valence-corrected chi connectivity index (χ4v) is 7.27. The third-order valence-corrected chi connectivity index (χ3v) is 10.2. The number of esters is 2. The summed E-state index contributed by atoms with van der Waals surface area (Å²) < 4.78 is 48.7. The number of ether oxygens (including phenoxy) is 2. The minimum Gasteiger partial charge on any atom is -0.462 e. The van der Waals surface area contributed by atoms with Crippen molar-refractivity contribution in [2.75, 3.05) is 13.2 Å². The van der Waals surface area contributed by atoms with Gasteiger partial charge in [0.1, 0.15) is 43.2 Å². The first-order valence-electron chi connectivity index (χ1n) is 18.6. The van der Waals surface area contributed by atoms with Crippen LogP contribution in [0.25, 0.3) is 0 Å². The minimum atomic E-state index is -5.29. The van der Waals surface area contributed by atoms with E-state index in [9.17, 15) is 44.0 Å². The van der Waals surface area contributed by atoms with Crippen LogP contribution in [0.2, 0.25) is 0 Å². The van der Waals surface area contributed by atoms with Crippen LogP contribution < -0.4 is 0 Å². The molecule has 51 heavy (non-hydrogen) atoms. The molecule has 0 aromatic rings. The van der Waals surface area contributed by atoms with Crippen molar-refractivity contribution in [3.63, 3.8) is 0 Å². The molecule has 1 aliphatic rings. The highest BCUT2D eigenvalue weighted by Crippen LogP contribution is 2.48. The Morgan fingerprint density at radius 1 is 0.549 bits per heavy atom. The number of unbranched alkanes of at least 4 members (excludes halogenated alkanes) is 16. The Bertz CT molecular complexity index is 1030. The van der Waals surface area contributed by atoms with Gasteiger partial charge in [-0.25, -0.2) is 9.13 Å². The van der Waals surface area contributed by atoms with Crippen molar-refractivity contribution in [3.05, 3.63) is 0 Å². The summed E-state index contributed by atoms with van der Waals surface area (Å²) in [5, 5.41) is 41.1. The molecule has 7 N–H and O–H groups in total. The van der Waals surface area contributed by atoms with Gasteiger partial charge in [0.25, 0.3) is 0 Å². The summed E-state index contributed by atoms with van der Waals surface area (Å²) in [4.78, 5) is 53.4. The lowest BCUT2D eigenvalue weighted by molar-refractivity contribution is -0.216. The molecule has 0 aromatic carbocycles. The van der Waals surface area contributed by atoms with Gasteiger partial charge in [0.15, 0.2) is 6.10 Å². The van der Waals surface area contributed by atoms with E-state index in [4.69, 9.17) is 28.3 Å². The smallest absolute Gasteiger partial charge is 0.462 e. The van der Waals surface area contributed by atoms with Crippen molar-refractivity contribution in [1.82, 2.24) is 0 Å². The number of aliphatic hydroxyl groups excluding tert-OH is 4. The zero-order valence-electron chi connectivity index (χ0n) is 30.3. The van der Waals surface area contributed by atoms with Crippen LogP contribution in [-0.4, -0.2) is 103 Å². The van der Waals surface area contributed by atoms with E-state index >= 15 is 0 Å². The molecule has 0 bridgehead atoms. The van der Waals surface area contributed by atoms with Crippen LogP contribution in [0.15, 0.2) is 0 Å². The molecule has 1 aliphatic carbocycles. The van der Waals surface area contributed by atoms with Crippen molar-refractivity contribution in [2.45, 2.75) is 185 Å². The highest BCUT2D eigenvalue weighted by atomic mass is 31.2. The van der Waals surface area contributed by atoms with Crippen LogP contribution in [0, 0.1) is 0 Å². The summed E-state index contributed by atoms with van der Waals surface area (Å²) in [6.07, 6.45) is 4.29. The summed E-state index contributed by atoms with van der Waals surface area (Å²) in [5.41, 5.74) is 0. The lowest BCUT2D eigenvalue weighted by atomic mass is 9.85. The Hall–Kier alpha value is -1.00. The monoisotopic (exact) mass is 778 g/mol. The SMILES string of the molecule is CCCCCCCCCCCC(=O)OC[C@H](COP(=O)(O)OC1[C@H](O)[C@H](O)C(OP(=O)(O)O)[C@H](O)[C@H]1O)OC(=O)CCCCCCCCCCC.